The first-order chi connectivity index (χ1) is 8.56. The lowest BCUT2D eigenvalue weighted by atomic mass is 10.1. The van der Waals surface area contributed by atoms with E-state index >= 15 is 0 Å². The van der Waals surface area contributed by atoms with Crippen molar-refractivity contribution in [2.45, 2.75) is 25.7 Å². The van der Waals surface area contributed by atoms with Gasteiger partial charge in [-0.25, -0.2) is 0 Å². The molecule has 1 fully saturated rings. The van der Waals surface area contributed by atoms with Gasteiger partial charge in [0.05, 0.1) is 0 Å². The van der Waals surface area contributed by atoms with Gasteiger partial charge in [0.1, 0.15) is 0 Å². The van der Waals surface area contributed by atoms with Gasteiger partial charge in [-0.3, -0.25) is 4.79 Å². The summed E-state index contributed by atoms with van der Waals surface area (Å²) in [5.41, 5.74) is 7.03. The Labute approximate surface area is 116 Å². The normalized spacial score (nSPS) is 15.9. The van der Waals surface area contributed by atoms with Crippen LogP contribution in [0.4, 0.5) is 5.69 Å². The van der Waals surface area contributed by atoms with E-state index in [2.05, 4.69) is 15.9 Å². The van der Waals surface area contributed by atoms with Crippen molar-refractivity contribution >= 4 is 27.5 Å². The van der Waals surface area contributed by atoms with E-state index in [1.807, 2.05) is 18.0 Å². The Bertz CT molecular complexity index is 421. The molecule has 0 aromatic heterocycles. The lowest BCUT2D eigenvalue weighted by molar-refractivity contribution is 0.0773. The van der Waals surface area contributed by atoms with Gasteiger partial charge in [-0.2, -0.15) is 0 Å². The summed E-state index contributed by atoms with van der Waals surface area (Å²) >= 11 is 3.37. The van der Waals surface area contributed by atoms with Gasteiger partial charge in [0, 0.05) is 29.3 Å². The highest BCUT2D eigenvalue weighted by Crippen LogP contribution is 2.26. The third kappa shape index (κ3) is 3.25. The Hall–Kier alpha value is -1.03. The largest absolute Gasteiger partial charge is 0.399 e. The van der Waals surface area contributed by atoms with E-state index in [1.54, 1.807) is 12.1 Å². The number of benzene rings is 1. The lowest BCUT2D eigenvalue weighted by Crippen LogP contribution is -2.31. The molecule has 1 aromatic carbocycles. The van der Waals surface area contributed by atoms with Crippen molar-refractivity contribution < 1.29 is 4.79 Å². The number of halogens is 1. The number of nitrogens with two attached hydrogens (primary N) is 1. The molecule has 0 unspecified atom stereocenters. The molecular formula is C14H19BrN2O. The molecule has 2 N–H and O–H groups in total. The highest BCUT2D eigenvalue weighted by Gasteiger charge is 2.20. The molecule has 1 aliphatic carbocycles. The smallest absolute Gasteiger partial charge is 0.253 e. The van der Waals surface area contributed by atoms with Gasteiger partial charge >= 0.3 is 0 Å². The Morgan fingerprint density at radius 1 is 1.39 bits per heavy atom. The van der Waals surface area contributed by atoms with Gasteiger partial charge in [-0.15, -0.1) is 0 Å². The quantitative estimate of drug-likeness (QED) is 0.871. The minimum absolute atomic E-state index is 0.0508. The second kappa shape index (κ2) is 5.74. The third-order valence-corrected chi connectivity index (χ3v) is 3.98. The van der Waals surface area contributed by atoms with Gasteiger partial charge in [0.15, 0.2) is 0 Å². The molecule has 0 aliphatic heterocycles. The van der Waals surface area contributed by atoms with Crippen LogP contribution in [0.1, 0.15) is 36.0 Å². The minimum atomic E-state index is 0.0508. The van der Waals surface area contributed by atoms with E-state index in [0.29, 0.717) is 17.2 Å². The van der Waals surface area contributed by atoms with Crippen LogP contribution < -0.4 is 5.73 Å². The number of hydrogen-bond donors (Lipinski definition) is 1. The van der Waals surface area contributed by atoms with E-state index in [1.165, 1.54) is 25.7 Å². The SMILES string of the molecule is CN(CC1CCCC1)C(=O)c1cc(N)cc(Br)c1. The number of nitrogen functional groups attached to an aromatic ring is 1. The van der Waals surface area contributed by atoms with Crippen molar-refractivity contribution in [3.8, 4) is 0 Å². The molecule has 0 radical (unpaired) electrons. The molecule has 4 heteroatoms. The van der Waals surface area contributed by atoms with Crippen LogP contribution in [-0.4, -0.2) is 24.4 Å². The average molecular weight is 311 g/mol. The monoisotopic (exact) mass is 310 g/mol. The topological polar surface area (TPSA) is 46.3 Å². The molecule has 3 nitrogen and oxygen atoms in total. The fourth-order valence-corrected chi connectivity index (χ4v) is 3.13. The molecule has 2 rings (SSSR count). The van der Waals surface area contributed by atoms with Crippen LogP contribution in [0.2, 0.25) is 0 Å². The predicted molar refractivity (Wildman–Crippen MR) is 77.5 cm³/mol. The number of hydrogen-bond acceptors (Lipinski definition) is 2. The van der Waals surface area contributed by atoms with Crippen molar-refractivity contribution in [2.75, 3.05) is 19.3 Å². The Morgan fingerprint density at radius 3 is 2.67 bits per heavy atom. The zero-order chi connectivity index (χ0) is 13.1. The fraction of sp³-hybridized carbons (Fsp3) is 0.500. The fourth-order valence-electron chi connectivity index (χ4n) is 2.62. The van der Waals surface area contributed by atoms with Crippen molar-refractivity contribution in [3.05, 3.63) is 28.2 Å². The predicted octanol–water partition coefficient (Wildman–Crippen LogP) is 3.29. The van der Waals surface area contributed by atoms with Crippen LogP contribution in [0, 0.1) is 5.92 Å². The molecule has 0 heterocycles. The van der Waals surface area contributed by atoms with E-state index in [-0.39, 0.29) is 5.91 Å². The highest BCUT2D eigenvalue weighted by molar-refractivity contribution is 9.10. The summed E-state index contributed by atoms with van der Waals surface area (Å²) in [5.74, 6) is 0.721. The third-order valence-electron chi connectivity index (χ3n) is 3.52. The van der Waals surface area contributed by atoms with E-state index < -0.39 is 0 Å². The van der Waals surface area contributed by atoms with Gasteiger partial charge in [-0.1, -0.05) is 28.8 Å². The van der Waals surface area contributed by atoms with Crippen molar-refractivity contribution in [1.82, 2.24) is 4.90 Å². The number of nitrogens with zero attached hydrogens (tertiary/aromatic N) is 1. The standard InChI is InChI=1S/C14H19BrN2O/c1-17(9-10-4-2-3-5-10)14(18)11-6-12(15)8-13(16)7-11/h6-8,10H,2-5,9,16H2,1H3. The first-order valence-corrected chi connectivity index (χ1v) is 7.17. The Balaban J connectivity index is 2.04. The van der Waals surface area contributed by atoms with E-state index in [4.69, 9.17) is 5.73 Å². The summed E-state index contributed by atoms with van der Waals surface area (Å²) in [4.78, 5) is 14.1. The maximum Gasteiger partial charge on any atom is 0.253 e. The maximum atomic E-state index is 12.3. The van der Waals surface area contributed by atoms with Crippen LogP contribution >= 0.6 is 15.9 Å². The van der Waals surface area contributed by atoms with Gasteiger partial charge < -0.3 is 10.6 Å². The summed E-state index contributed by atoms with van der Waals surface area (Å²) in [6, 6.07) is 5.36. The van der Waals surface area contributed by atoms with Crippen LogP contribution in [0.3, 0.4) is 0 Å². The lowest BCUT2D eigenvalue weighted by Gasteiger charge is -2.21. The number of carbonyl (C=O) groups is 1. The zero-order valence-electron chi connectivity index (χ0n) is 10.7. The van der Waals surface area contributed by atoms with E-state index in [9.17, 15) is 4.79 Å². The minimum Gasteiger partial charge on any atom is -0.399 e. The van der Waals surface area contributed by atoms with Gasteiger partial charge in [0.25, 0.3) is 5.91 Å². The summed E-state index contributed by atoms with van der Waals surface area (Å²) in [7, 11) is 1.87. The van der Waals surface area contributed by atoms with Crippen molar-refractivity contribution in [3.63, 3.8) is 0 Å². The maximum absolute atomic E-state index is 12.3. The Kier molecular flexibility index (Phi) is 4.27. The molecule has 1 aromatic rings. The molecule has 0 saturated heterocycles. The van der Waals surface area contributed by atoms with Crippen molar-refractivity contribution in [1.29, 1.82) is 0 Å². The highest BCUT2D eigenvalue weighted by atomic mass is 79.9. The number of anilines is 1. The van der Waals surface area contributed by atoms with Crippen LogP contribution in [0.5, 0.6) is 0 Å². The molecule has 0 spiro atoms. The molecule has 18 heavy (non-hydrogen) atoms. The van der Waals surface area contributed by atoms with Crippen LogP contribution in [0.25, 0.3) is 0 Å². The summed E-state index contributed by atoms with van der Waals surface area (Å²) < 4.78 is 0.847. The molecule has 0 atom stereocenters. The molecule has 98 valence electrons. The molecule has 0 bridgehead atoms. The first kappa shape index (κ1) is 13.4. The van der Waals surface area contributed by atoms with Crippen LogP contribution in [0.15, 0.2) is 22.7 Å². The van der Waals surface area contributed by atoms with Crippen molar-refractivity contribution in [2.24, 2.45) is 5.92 Å². The molecule has 1 saturated carbocycles. The Morgan fingerprint density at radius 2 is 2.06 bits per heavy atom. The molecule has 1 amide bonds. The van der Waals surface area contributed by atoms with Gasteiger partial charge in [0.2, 0.25) is 0 Å². The van der Waals surface area contributed by atoms with E-state index in [0.717, 1.165) is 11.0 Å². The second-order valence-corrected chi connectivity index (χ2v) is 6.03. The molecular weight excluding hydrogens is 292 g/mol. The number of amides is 1. The summed E-state index contributed by atoms with van der Waals surface area (Å²) in [6.45, 7) is 0.852. The van der Waals surface area contributed by atoms with Gasteiger partial charge in [-0.05, 0) is 37.0 Å². The summed E-state index contributed by atoms with van der Waals surface area (Å²) in [6.07, 6.45) is 5.10. The second-order valence-electron chi connectivity index (χ2n) is 5.11. The number of carbonyl (C=O) groups excluding carboxylic acids is 1. The van der Waals surface area contributed by atoms with Crippen LogP contribution in [-0.2, 0) is 0 Å². The number of rotatable bonds is 3. The zero-order valence-corrected chi connectivity index (χ0v) is 12.2. The average Bonchev–Trinajstić information content (AvgIpc) is 2.79. The first-order valence-electron chi connectivity index (χ1n) is 6.38. The molecule has 1 aliphatic rings. The summed E-state index contributed by atoms with van der Waals surface area (Å²) in [5, 5.41) is 0.